The molecule has 2 fully saturated rings. The first-order valence-corrected chi connectivity index (χ1v) is 6.30. The highest BCUT2D eigenvalue weighted by molar-refractivity contribution is 5.46. The molecule has 5 heteroatoms. The molecule has 1 aliphatic carbocycles. The van der Waals surface area contributed by atoms with Crippen molar-refractivity contribution in [3.63, 3.8) is 0 Å². The second kappa shape index (κ2) is 4.14. The Morgan fingerprint density at radius 2 is 2.18 bits per heavy atom. The third-order valence-corrected chi connectivity index (χ3v) is 3.45. The Balaban J connectivity index is 1.73. The number of hydrogen-bond acceptors (Lipinski definition) is 5. The molecule has 1 saturated heterocycles. The molecular formula is C12H19N5. The molecule has 3 rings (SSSR count). The molecule has 1 unspecified atom stereocenters. The van der Waals surface area contributed by atoms with E-state index in [1.165, 1.54) is 19.3 Å². The fourth-order valence-electron chi connectivity index (χ4n) is 2.35. The van der Waals surface area contributed by atoms with E-state index in [1.807, 2.05) is 6.07 Å². The maximum atomic E-state index is 5.83. The number of hydrogen-bond donors (Lipinski definition) is 2. The monoisotopic (exact) mass is 233 g/mol. The van der Waals surface area contributed by atoms with Crippen molar-refractivity contribution in [3.05, 3.63) is 11.9 Å². The zero-order valence-electron chi connectivity index (χ0n) is 10.2. The number of rotatable bonds is 3. The molecular weight excluding hydrogens is 214 g/mol. The summed E-state index contributed by atoms with van der Waals surface area (Å²) in [5.74, 6) is 2.93. The molecule has 17 heavy (non-hydrogen) atoms. The van der Waals surface area contributed by atoms with Gasteiger partial charge in [0.1, 0.15) is 17.5 Å². The van der Waals surface area contributed by atoms with E-state index in [4.69, 9.17) is 5.73 Å². The molecule has 1 aliphatic heterocycles. The molecule has 5 nitrogen and oxygen atoms in total. The number of anilines is 2. The Morgan fingerprint density at radius 3 is 2.82 bits per heavy atom. The van der Waals surface area contributed by atoms with Crippen LogP contribution in [0.25, 0.3) is 0 Å². The van der Waals surface area contributed by atoms with Crippen LogP contribution in [0.1, 0.15) is 31.0 Å². The van der Waals surface area contributed by atoms with Crippen molar-refractivity contribution in [3.8, 4) is 0 Å². The maximum Gasteiger partial charge on any atom is 0.136 e. The third kappa shape index (κ3) is 2.49. The van der Waals surface area contributed by atoms with Crippen LogP contribution >= 0.6 is 0 Å². The summed E-state index contributed by atoms with van der Waals surface area (Å²) in [6.07, 6.45) is 3.57. The molecule has 92 valence electrons. The summed E-state index contributed by atoms with van der Waals surface area (Å²) < 4.78 is 0. The quantitative estimate of drug-likeness (QED) is 0.817. The lowest BCUT2D eigenvalue weighted by molar-refractivity contribution is 0.414. The van der Waals surface area contributed by atoms with E-state index < -0.39 is 0 Å². The summed E-state index contributed by atoms with van der Waals surface area (Å²) >= 11 is 0. The van der Waals surface area contributed by atoms with Crippen LogP contribution in [0, 0.1) is 0 Å². The largest absolute Gasteiger partial charge is 0.384 e. The Kier molecular flexibility index (Phi) is 2.63. The standard InChI is InChI=1S/C12H19N5/c1-17-5-4-9(7-17)14-11-6-10(13)15-12(16-11)8-2-3-8/h6,8-9H,2-5,7H2,1H3,(H3,13,14,15,16). The number of likely N-dealkylation sites (tertiary alicyclic amines) is 1. The first kappa shape index (κ1) is 10.8. The van der Waals surface area contributed by atoms with E-state index in [0.717, 1.165) is 24.7 Å². The zero-order chi connectivity index (χ0) is 11.8. The van der Waals surface area contributed by atoms with Gasteiger partial charge in [-0.2, -0.15) is 0 Å². The molecule has 1 atom stereocenters. The number of nitrogen functional groups attached to an aromatic ring is 1. The van der Waals surface area contributed by atoms with Gasteiger partial charge in [0.2, 0.25) is 0 Å². The van der Waals surface area contributed by atoms with Crippen LogP contribution in [0.3, 0.4) is 0 Å². The molecule has 2 aliphatic rings. The summed E-state index contributed by atoms with van der Waals surface area (Å²) in [5.41, 5.74) is 5.83. The fourth-order valence-corrected chi connectivity index (χ4v) is 2.35. The van der Waals surface area contributed by atoms with E-state index in [0.29, 0.717) is 17.8 Å². The van der Waals surface area contributed by atoms with Gasteiger partial charge in [-0.05, 0) is 32.9 Å². The van der Waals surface area contributed by atoms with E-state index in [-0.39, 0.29) is 0 Å². The smallest absolute Gasteiger partial charge is 0.136 e. The number of nitrogens with one attached hydrogen (secondary N) is 1. The van der Waals surface area contributed by atoms with Gasteiger partial charge in [-0.15, -0.1) is 0 Å². The number of nitrogens with zero attached hydrogens (tertiary/aromatic N) is 3. The maximum absolute atomic E-state index is 5.83. The van der Waals surface area contributed by atoms with Gasteiger partial charge in [0.25, 0.3) is 0 Å². The van der Waals surface area contributed by atoms with Gasteiger partial charge in [-0.3, -0.25) is 0 Å². The average Bonchev–Trinajstić information content (AvgIpc) is 3.03. The Morgan fingerprint density at radius 1 is 1.35 bits per heavy atom. The normalized spacial score (nSPS) is 25.1. The van der Waals surface area contributed by atoms with Crippen LogP contribution in [0.5, 0.6) is 0 Å². The van der Waals surface area contributed by atoms with Crippen molar-refractivity contribution in [1.82, 2.24) is 14.9 Å². The second-order valence-corrected chi connectivity index (χ2v) is 5.20. The minimum atomic E-state index is 0.487. The topological polar surface area (TPSA) is 67.1 Å². The first-order valence-electron chi connectivity index (χ1n) is 6.30. The van der Waals surface area contributed by atoms with Crippen LogP contribution in [0.4, 0.5) is 11.6 Å². The number of nitrogens with two attached hydrogens (primary N) is 1. The van der Waals surface area contributed by atoms with Gasteiger partial charge in [0.05, 0.1) is 0 Å². The third-order valence-electron chi connectivity index (χ3n) is 3.45. The zero-order valence-corrected chi connectivity index (χ0v) is 10.2. The lowest BCUT2D eigenvalue weighted by atomic mass is 10.2. The highest BCUT2D eigenvalue weighted by Gasteiger charge is 2.27. The number of likely N-dealkylation sites (N-methyl/N-ethyl adjacent to an activating group) is 1. The summed E-state index contributed by atoms with van der Waals surface area (Å²) in [6, 6.07) is 2.32. The summed E-state index contributed by atoms with van der Waals surface area (Å²) in [7, 11) is 2.14. The highest BCUT2D eigenvalue weighted by Crippen LogP contribution is 2.38. The molecule has 0 bridgehead atoms. The van der Waals surface area contributed by atoms with Crippen LogP contribution in [0.15, 0.2) is 6.07 Å². The Bertz CT molecular complexity index is 415. The minimum Gasteiger partial charge on any atom is -0.384 e. The van der Waals surface area contributed by atoms with E-state index >= 15 is 0 Å². The molecule has 0 radical (unpaired) electrons. The SMILES string of the molecule is CN1CCC(Nc2cc(N)nc(C3CC3)n2)C1. The van der Waals surface area contributed by atoms with Crippen molar-refractivity contribution in [2.45, 2.75) is 31.2 Å². The average molecular weight is 233 g/mol. The molecule has 0 amide bonds. The van der Waals surface area contributed by atoms with Gasteiger partial charge in [-0.1, -0.05) is 0 Å². The van der Waals surface area contributed by atoms with Gasteiger partial charge < -0.3 is 16.0 Å². The fraction of sp³-hybridized carbons (Fsp3) is 0.667. The van der Waals surface area contributed by atoms with Gasteiger partial charge in [0, 0.05) is 24.6 Å². The van der Waals surface area contributed by atoms with Crippen LogP contribution in [-0.2, 0) is 0 Å². The molecule has 0 aromatic carbocycles. The minimum absolute atomic E-state index is 0.487. The molecule has 0 spiro atoms. The summed E-state index contributed by atoms with van der Waals surface area (Å²) in [5, 5.41) is 3.46. The first-order chi connectivity index (χ1) is 8.20. The van der Waals surface area contributed by atoms with Crippen molar-refractivity contribution in [1.29, 1.82) is 0 Å². The number of aromatic nitrogens is 2. The lowest BCUT2D eigenvalue weighted by Crippen LogP contribution is -2.24. The predicted octanol–water partition coefficient (Wildman–Crippen LogP) is 1.05. The van der Waals surface area contributed by atoms with Crippen LogP contribution < -0.4 is 11.1 Å². The summed E-state index contributed by atoms with van der Waals surface area (Å²) in [4.78, 5) is 11.2. The van der Waals surface area contributed by atoms with Gasteiger partial charge in [-0.25, -0.2) is 9.97 Å². The van der Waals surface area contributed by atoms with Crippen molar-refractivity contribution in [2.75, 3.05) is 31.2 Å². The Labute approximate surface area is 101 Å². The van der Waals surface area contributed by atoms with E-state index in [1.54, 1.807) is 0 Å². The highest BCUT2D eigenvalue weighted by atomic mass is 15.2. The molecule has 3 N–H and O–H groups in total. The lowest BCUT2D eigenvalue weighted by Gasteiger charge is -2.14. The Hall–Kier alpha value is -1.36. The van der Waals surface area contributed by atoms with E-state index in [9.17, 15) is 0 Å². The van der Waals surface area contributed by atoms with Crippen molar-refractivity contribution >= 4 is 11.6 Å². The molecule has 1 aromatic rings. The van der Waals surface area contributed by atoms with Crippen LogP contribution in [-0.4, -0.2) is 41.0 Å². The van der Waals surface area contributed by atoms with E-state index in [2.05, 4.69) is 27.2 Å². The van der Waals surface area contributed by atoms with Gasteiger partial charge >= 0.3 is 0 Å². The molecule has 1 aromatic heterocycles. The van der Waals surface area contributed by atoms with Gasteiger partial charge in [0.15, 0.2) is 0 Å². The molecule has 2 heterocycles. The van der Waals surface area contributed by atoms with Crippen molar-refractivity contribution < 1.29 is 0 Å². The van der Waals surface area contributed by atoms with Crippen LogP contribution in [0.2, 0.25) is 0 Å². The molecule has 1 saturated carbocycles. The summed E-state index contributed by atoms with van der Waals surface area (Å²) in [6.45, 7) is 2.22. The van der Waals surface area contributed by atoms with Crippen molar-refractivity contribution in [2.24, 2.45) is 0 Å². The second-order valence-electron chi connectivity index (χ2n) is 5.20. The predicted molar refractivity (Wildman–Crippen MR) is 67.9 cm³/mol.